The summed E-state index contributed by atoms with van der Waals surface area (Å²) in [5, 5.41) is 3.81. The van der Waals surface area contributed by atoms with Crippen LogP contribution in [-0.4, -0.2) is 40.6 Å². The zero-order valence-corrected chi connectivity index (χ0v) is 9.67. The van der Waals surface area contributed by atoms with Crippen LogP contribution < -0.4 is 0 Å². The Morgan fingerprint density at radius 3 is 2.94 bits per heavy atom. The second-order valence-electron chi connectivity index (χ2n) is 5.16. The van der Waals surface area contributed by atoms with E-state index in [1.807, 2.05) is 0 Å². The Morgan fingerprint density at radius 2 is 2.28 bits per heavy atom. The first-order valence-corrected chi connectivity index (χ1v) is 6.20. The van der Waals surface area contributed by atoms with Gasteiger partial charge in [0.05, 0.1) is 6.54 Å². The van der Waals surface area contributed by atoms with Crippen molar-refractivity contribution in [3.63, 3.8) is 0 Å². The highest BCUT2D eigenvalue weighted by Crippen LogP contribution is 2.40. The predicted molar refractivity (Wildman–Crippen MR) is 57.8 cm³/mol. The van der Waals surface area contributed by atoms with Gasteiger partial charge >= 0.3 is 5.97 Å². The van der Waals surface area contributed by atoms with Crippen molar-refractivity contribution < 1.29 is 18.8 Å². The summed E-state index contributed by atoms with van der Waals surface area (Å²) < 4.78 is 10.2. The number of nitrogens with zero attached hydrogens (tertiary/aromatic N) is 2. The molecule has 1 aromatic rings. The first-order valence-electron chi connectivity index (χ1n) is 6.20. The Bertz CT molecular complexity index is 534. The number of rotatable bonds is 2. The van der Waals surface area contributed by atoms with Crippen LogP contribution in [0.2, 0.25) is 0 Å². The van der Waals surface area contributed by atoms with Crippen molar-refractivity contribution in [2.24, 2.45) is 0 Å². The van der Waals surface area contributed by atoms with Crippen LogP contribution in [0.25, 0.3) is 0 Å². The molecule has 3 heterocycles. The molecule has 0 aromatic carbocycles. The molecule has 1 aromatic heterocycles. The summed E-state index contributed by atoms with van der Waals surface area (Å²) in [6.07, 6.45) is 2.67. The number of hydrogen-bond donors (Lipinski definition) is 0. The highest BCUT2D eigenvalue weighted by Gasteiger charge is 2.49. The Labute approximate surface area is 103 Å². The molecule has 1 saturated carbocycles. The Hall–Kier alpha value is -1.85. The molecule has 6 nitrogen and oxygen atoms in total. The molecular weight excluding hydrogens is 236 g/mol. The highest BCUT2D eigenvalue weighted by atomic mass is 16.6. The molecule has 0 N–H and O–H groups in total. The first kappa shape index (κ1) is 10.1. The van der Waals surface area contributed by atoms with Crippen LogP contribution in [0.1, 0.15) is 41.4 Å². The van der Waals surface area contributed by atoms with E-state index in [0.29, 0.717) is 24.6 Å². The van der Waals surface area contributed by atoms with Crippen LogP contribution in [0.3, 0.4) is 0 Å². The number of carbonyl (C=O) groups is 2. The van der Waals surface area contributed by atoms with E-state index in [9.17, 15) is 9.59 Å². The number of amides is 1. The SMILES string of the molecule is O=C1OC2CC1N(C(=O)c1cc(C3CC3)on1)C2. The molecule has 2 saturated heterocycles. The monoisotopic (exact) mass is 248 g/mol. The maximum Gasteiger partial charge on any atom is 0.329 e. The van der Waals surface area contributed by atoms with Gasteiger partial charge in [-0.25, -0.2) is 4.79 Å². The topological polar surface area (TPSA) is 72.6 Å². The quantitative estimate of drug-likeness (QED) is 0.720. The van der Waals surface area contributed by atoms with Gasteiger partial charge in [0.15, 0.2) is 5.69 Å². The van der Waals surface area contributed by atoms with Crippen LogP contribution >= 0.6 is 0 Å². The predicted octanol–water partition coefficient (Wildman–Crippen LogP) is 0.692. The third kappa shape index (κ3) is 1.38. The fraction of sp³-hybridized carbons (Fsp3) is 0.583. The van der Waals surface area contributed by atoms with Crippen LogP contribution in [0.15, 0.2) is 10.6 Å². The van der Waals surface area contributed by atoms with Crippen molar-refractivity contribution in [2.45, 2.75) is 37.3 Å². The Kier molecular flexibility index (Phi) is 1.87. The van der Waals surface area contributed by atoms with E-state index in [0.717, 1.165) is 18.6 Å². The van der Waals surface area contributed by atoms with Gasteiger partial charge in [0.1, 0.15) is 17.9 Å². The zero-order valence-electron chi connectivity index (χ0n) is 9.67. The molecule has 2 bridgehead atoms. The third-order valence-electron chi connectivity index (χ3n) is 3.81. The van der Waals surface area contributed by atoms with Crippen LogP contribution in [0.5, 0.6) is 0 Å². The van der Waals surface area contributed by atoms with Crippen molar-refractivity contribution in [2.75, 3.05) is 6.54 Å². The van der Waals surface area contributed by atoms with Gasteiger partial charge in [-0.15, -0.1) is 0 Å². The normalized spacial score (nSPS) is 29.8. The van der Waals surface area contributed by atoms with Gasteiger partial charge in [0, 0.05) is 18.4 Å². The molecule has 2 atom stereocenters. The fourth-order valence-corrected chi connectivity index (χ4v) is 2.67. The summed E-state index contributed by atoms with van der Waals surface area (Å²) in [4.78, 5) is 25.2. The number of ether oxygens (including phenoxy) is 1. The molecule has 94 valence electrons. The van der Waals surface area contributed by atoms with Crippen molar-refractivity contribution in [3.8, 4) is 0 Å². The van der Waals surface area contributed by atoms with E-state index in [-0.39, 0.29) is 18.0 Å². The molecule has 18 heavy (non-hydrogen) atoms. The van der Waals surface area contributed by atoms with Crippen molar-refractivity contribution in [1.29, 1.82) is 0 Å². The van der Waals surface area contributed by atoms with Gasteiger partial charge in [-0.1, -0.05) is 5.16 Å². The maximum atomic E-state index is 12.2. The van der Waals surface area contributed by atoms with Gasteiger partial charge in [-0.2, -0.15) is 0 Å². The molecule has 3 fully saturated rings. The molecule has 1 amide bonds. The molecule has 1 aliphatic carbocycles. The minimum Gasteiger partial charge on any atom is -0.459 e. The van der Waals surface area contributed by atoms with Crippen LogP contribution in [-0.2, 0) is 9.53 Å². The summed E-state index contributed by atoms with van der Waals surface area (Å²) >= 11 is 0. The Balaban J connectivity index is 1.57. The maximum absolute atomic E-state index is 12.2. The average molecular weight is 248 g/mol. The lowest BCUT2D eigenvalue weighted by Crippen LogP contribution is -2.44. The largest absolute Gasteiger partial charge is 0.459 e. The van der Waals surface area contributed by atoms with Gasteiger partial charge in [0.25, 0.3) is 5.91 Å². The minimum absolute atomic E-state index is 0.138. The van der Waals surface area contributed by atoms with Crippen molar-refractivity contribution in [1.82, 2.24) is 10.1 Å². The number of esters is 1. The first-order chi connectivity index (χ1) is 8.72. The van der Waals surface area contributed by atoms with Crippen molar-refractivity contribution in [3.05, 3.63) is 17.5 Å². The number of aromatic nitrogens is 1. The molecule has 4 rings (SSSR count). The lowest BCUT2D eigenvalue weighted by atomic mass is 10.2. The van der Waals surface area contributed by atoms with E-state index in [4.69, 9.17) is 9.26 Å². The molecule has 0 radical (unpaired) electrons. The lowest BCUT2D eigenvalue weighted by Gasteiger charge is -2.24. The fourth-order valence-electron chi connectivity index (χ4n) is 2.67. The van der Waals surface area contributed by atoms with E-state index in [1.165, 1.54) is 0 Å². The molecule has 6 heteroatoms. The lowest BCUT2D eigenvalue weighted by molar-refractivity contribution is -0.149. The second kappa shape index (κ2) is 3.34. The van der Waals surface area contributed by atoms with Crippen LogP contribution in [0, 0.1) is 0 Å². The van der Waals surface area contributed by atoms with Gasteiger partial charge < -0.3 is 14.2 Å². The number of likely N-dealkylation sites (tertiary alicyclic amines) is 1. The average Bonchev–Trinajstić information content (AvgIpc) is 2.83. The van der Waals surface area contributed by atoms with Gasteiger partial charge in [-0.3, -0.25) is 4.79 Å². The van der Waals surface area contributed by atoms with Crippen molar-refractivity contribution >= 4 is 11.9 Å². The zero-order chi connectivity index (χ0) is 12.3. The van der Waals surface area contributed by atoms with Crippen LogP contribution in [0.4, 0.5) is 0 Å². The minimum atomic E-state index is -0.427. The van der Waals surface area contributed by atoms with E-state index >= 15 is 0 Å². The summed E-state index contributed by atoms with van der Waals surface area (Å²) in [6.45, 7) is 0.473. The number of hydrogen-bond acceptors (Lipinski definition) is 5. The molecule has 2 aliphatic heterocycles. The van der Waals surface area contributed by atoms with Gasteiger partial charge in [-0.05, 0) is 12.8 Å². The number of carbonyl (C=O) groups excluding carboxylic acids is 2. The smallest absolute Gasteiger partial charge is 0.329 e. The number of morpholine rings is 1. The highest BCUT2D eigenvalue weighted by molar-refractivity contribution is 5.96. The molecule has 3 aliphatic rings. The summed E-state index contributed by atoms with van der Waals surface area (Å²) in [5.41, 5.74) is 0.303. The second-order valence-corrected chi connectivity index (χ2v) is 5.16. The molecule has 2 unspecified atom stereocenters. The molecule has 0 spiro atoms. The van der Waals surface area contributed by atoms with E-state index in [1.54, 1.807) is 11.0 Å². The van der Waals surface area contributed by atoms with E-state index in [2.05, 4.69) is 5.16 Å². The third-order valence-corrected chi connectivity index (χ3v) is 3.81. The standard InChI is InChI=1S/C12H12N2O4/c15-11(8-4-10(18-13-8)6-1-2-6)14-5-7-3-9(14)12(16)17-7/h4,6-7,9H,1-3,5H2. The summed E-state index contributed by atoms with van der Waals surface area (Å²) in [5.74, 6) is 0.685. The summed E-state index contributed by atoms with van der Waals surface area (Å²) in [6, 6.07) is 1.28. The molecular formula is C12H12N2O4. The van der Waals surface area contributed by atoms with Gasteiger partial charge in [0.2, 0.25) is 0 Å². The Morgan fingerprint density at radius 1 is 1.44 bits per heavy atom. The number of fused-ring (bicyclic) bond motifs is 2. The summed E-state index contributed by atoms with van der Waals surface area (Å²) in [7, 11) is 0. The van der Waals surface area contributed by atoms with E-state index < -0.39 is 6.04 Å².